The van der Waals surface area contributed by atoms with E-state index in [9.17, 15) is 0 Å². The molecule has 0 bridgehead atoms. The van der Waals surface area contributed by atoms with E-state index in [2.05, 4.69) is 61.6 Å². The quantitative estimate of drug-likeness (QED) is 0.872. The minimum absolute atomic E-state index is 0.453. The van der Waals surface area contributed by atoms with E-state index >= 15 is 0 Å². The minimum atomic E-state index is 0.453. The summed E-state index contributed by atoms with van der Waals surface area (Å²) in [7, 11) is 4.31. The van der Waals surface area contributed by atoms with Crippen LogP contribution in [0.3, 0.4) is 0 Å². The highest BCUT2D eigenvalue weighted by Crippen LogP contribution is 2.25. The molecule has 0 aliphatic heterocycles. The molecule has 19 heavy (non-hydrogen) atoms. The molecule has 2 nitrogen and oxygen atoms in total. The average molecular weight is 260 g/mol. The Kier molecular flexibility index (Phi) is 5.41. The van der Waals surface area contributed by atoms with Crippen LogP contribution in [0.1, 0.15) is 44.2 Å². The Labute approximate surface area is 118 Å². The zero-order valence-corrected chi connectivity index (χ0v) is 12.6. The Hall–Kier alpha value is -0.860. The molecule has 2 heteroatoms. The van der Waals surface area contributed by atoms with E-state index in [1.54, 1.807) is 0 Å². The lowest BCUT2D eigenvalue weighted by atomic mass is 9.87. The average Bonchev–Trinajstić information content (AvgIpc) is 2.41. The Balaban J connectivity index is 1.98. The van der Waals surface area contributed by atoms with E-state index in [-0.39, 0.29) is 0 Å². The number of nitrogens with zero attached hydrogens (tertiary/aromatic N) is 1. The van der Waals surface area contributed by atoms with Crippen LogP contribution in [-0.2, 0) is 0 Å². The van der Waals surface area contributed by atoms with Crippen LogP contribution in [0.5, 0.6) is 0 Å². The van der Waals surface area contributed by atoms with Crippen molar-refractivity contribution >= 4 is 0 Å². The molecule has 0 radical (unpaired) electrons. The summed E-state index contributed by atoms with van der Waals surface area (Å²) in [5, 5.41) is 3.88. The van der Waals surface area contributed by atoms with Gasteiger partial charge in [0.25, 0.3) is 0 Å². The fourth-order valence-corrected chi connectivity index (χ4v) is 3.02. The molecule has 106 valence electrons. The van der Waals surface area contributed by atoms with Gasteiger partial charge in [0.2, 0.25) is 0 Å². The standard InChI is InChI=1S/C17H28N2/c1-14-9-11-16(12-10-14)18-17(13-19(2)3)15-7-5-4-6-8-15/h4-8,14,16-18H,9-13H2,1-3H3. The SMILES string of the molecule is CC1CCC(NC(CN(C)C)c2ccccc2)CC1. The van der Waals surface area contributed by atoms with Crippen LogP contribution < -0.4 is 5.32 Å². The highest BCUT2D eigenvalue weighted by atomic mass is 15.1. The van der Waals surface area contributed by atoms with Crippen molar-refractivity contribution in [1.29, 1.82) is 0 Å². The lowest BCUT2D eigenvalue weighted by molar-refractivity contribution is 0.259. The van der Waals surface area contributed by atoms with Crippen molar-refractivity contribution in [3.8, 4) is 0 Å². The van der Waals surface area contributed by atoms with E-state index in [1.807, 2.05) is 0 Å². The van der Waals surface area contributed by atoms with Crippen molar-refractivity contribution < 1.29 is 0 Å². The van der Waals surface area contributed by atoms with Gasteiger partial charge in [0.1, 0.15) is 0 Å². The molecule has 1 unspecified atom stereocenters. The second-order valence-electron chi connectivity index (χ2n) is 6.35. The first-order valence-electron chi connectivity index (χ1n) is 7.61. The monoisotopic (exact) mass is 260 g/mol. The van der Waals surface area contributed by atoms with Gasteiger partial charge in [-0.3, -0.25) is 0 Å². The van der Waals surface area contributed by atoms with Crippen LogP contribution in [0, 0.1) is 5.92 Å². The summed E-state index contributed by atoms with van der Waals surface area (Å²) in [5.41, 5.74) is 1.41. The fraction of sp³-hybridized carbons (Fsp3) is 0.647. The van der Waals surface area contributed by atoms with Crippen LogP contribution in [0.2, 0.25) is 0 Å². The molecule has 1 aliphatic carbocycles. The predicted octanol–water partition coefficient (Wildman–Crippen LogP) is 3.46. The maximum atomic E-state index is 3.88. The van der Waals surface area contributed by atoms with Crippen LogP contribution in [0.4, 0.5) is 0 Å². The first-order valence-corrected chi connectivity index (χ1v) is 7.61. The highest BCUT2D eigenvalue weighted by Gasteiger charge is 2.22. The number of hydrogen-bond donors (Lipinski definition) is 1. The molecule has 0 aromatic heterocycles. The van der Waals surface area contributed by atoms with Crippen LogP contribution >= 0.6 is 0 Å². The van der Waals surface area contributed by atoms with Crippen LogP contribution in [-0.4, -0.2) is 31.6 Å². The van der Waals surface area contributed by atoms with E-state index in [0.717, 1.165) is 12.5 Å². The number of rotatable bonds is 5. The molecule has 1 saturated carbocycles. The van der Waals surface area contributed by atoms with Gasteiger partial charge < -0.3 is 10.2 Å². The summed E-state index contributed by atoms with van der Waals surface area (Å²) in [4.78, 5) is 2.27. The van der Waals surface area contributed by atoms with Gasteiger partial charge in [0, 0.05) is 18.6 Å². The Bertz CT molecular complexity index is 353. The van der Waals surface area contributed by atoms with Crippen molar-refractivity contribution in [3.05, 3.63) is 35.9 Å². The van der Waals surface area contributed by atoms with Gasteiger partial charge in [0.05, 0.1) is 0 Å². The molecule has 1 atom stereocenters. The predicted molar refractivity (Wildman–Crippen MR) is 82.3 cm³/mol. The van der Waals surface area contributed by atoms with Gasteiger partial charge >= 0.3 is 0 Å². The van der Waals surface area contributed by atoms with Gasteiger partial charge in [0.15, 0.2) is 0 Å². The molecule has 2 rings (SSSR count). The van der Waals surface area contributed by atoms with Crippen LogP contribution in [0.25, 0.3) is 0 Å². The third-order valence-electron chi connectivity index (χ3n) is 4.20. The molecule has 1 aliphatic rings. The normalized spacial score (nSPS) is 25.5. The number of hydrogen-bond acceptors (Lipinski definition) is 2. The first-order chi connectivity index (χ1) is 9.15. The summed E-state index contributed by atoms with van der Waals surface area (Å²) in [5.74, 6) is 0.919. The lowest BCUT2D eigenvalue weighted by Crippen LogP contribution is -2.39. The maximum absolute atomic E-state index is 3.88. The van der Waals surface area contributed by atoms with Crippen molar-refractivity contribution in [2.24, 2.45) is 5.92 Å². The van der Waals surface area contributed by atoms with Gasteiger partial charge in [-0.2, -0.15) is 0 Å². The maximum Gasteiger partial charge on any atom is 0.0451 e. The Morgan fingerprint density at radius 3 is 2.32 bits per heavy atom. The molecule has 1 aromatic rings. The number of benzene rings is 1. The summed E-state index contributed by atoms with van der Waals surface area (Å²) in [6.45, 7) is 3.45. The second-order valence-corrected chi connectivity index (χ2v) is 6.35. The minimum Gasteiger partial charge on any atom is -0.308 e. The van der Waals surface area contributed by atoms with Crippen LogP contribution in [0.15, 0.2) is 30.3 Å². The third kappa shape index (κ3) is 4.63. The number of likely N-dealkylation sites (N-methyl/N-ethyl adjacent to an activating group) is 1. The fourth-order valence-electron chi connectivity index (χ4n) is 3.02. The van der Waals surface area contributed by atoms with Gasteiger partial charge in [-0.25, -0.2) is 0 Å². The van der Waals surface area contributed by atoms with Crippen molar-refractivity contribution in [3.63, 3.8) is 0 Å². The Morgan fingerprint density at radius 2 is 1.74 bits per heavy atom. The molecule has 0 heterocycles. The number of nitrogens with one attached hydrogen (secondary N) is 1. The third-order valence-corrected chi connectivity index (χ3v) is 4.20. The zero-order chi connectivity index (χ0) is 13.7. The van der Waals surface area contributed by atoms with Gasteiger partial charge in [-0.1, -0.05) is 37.3 Å². The molecular formula is C17H28N2. The molecule has 1 fully saturated rings. The summed E-state index contributed by atoms with van der Waals surface area (Å²) >= 11 is 0. The summed E-state index contributed by atoms with van der Waals surface area (Å²) in [6.07, 6.45) is 5.41. The highest BCUT2D eigenvalue weighted by molar-refractivity contribution is 5.19. The summed E-state index contributed by atoms with van der Waals surface area (Å²) in [6, 6.07) is 12.0. The van der Waals surface area contributed by atoms with E-state index < -0.39 is 0 Å². The van der Waals surface area contributed by atoms with E-state index in [0.29, 0.717) is 12.1 Å². The van der Waals surface area contributed by atoms with Crippen molar-refractivity contribution in [2.45, 2.75) is 44.7 Å². The molecule has 0 saturated heterocycles. The molecule has 1 N–H and O–H groups in total. The van der Waals surface area contributed by atoms with E-state index in [1.165, 1.54) is 31.2 Å². The smallest absolute Gasteiger partial charge is 0.0451 e. The topological polar surface area (TPSA) is 15.3 Å². The van der Waals surface area contributed by atoms with Crippen molar-refractivity contribution in [1.82, 2.24) is 10.2 Å². The molecule has 0 amide bonds. The van der Waals surface area contributed by atoms with Gasteiger partial charge in [-0.15, -0.1) is 0 Å². The Morgan fingerprint density at radius 1 is 1.11 bits per heavy atom. The largest absolute Gasteiger partial charge is 0.308 e. The molecule has 1 aromatic carbocycles. The zero-order valence-electron chi connectivity index (χ0n) is 12.6. The summed E-state index contributed by atoms with van der Waals surface area (Å²) < 4.78 is 0. The molecular weight excluding hydrogens is 232 g/mol. The van der Waals surface area contributed by atoms with Gasteiger partial charge in [-0.05, 0) is 51.3 Å². The first kappa shape index (κ1) is 14.5. The molecule has 0 spiro atoms. The lowest BCUT2D eigenvalue weighted by Gasteiger charge is -2.32. The van der Waals surface area contributed by atoms with E-state index in [4.69, 9.17) is 0 Å². The second kappa shape index (κ2) is 7.06. The van der Waals surface area contributed by atoms with Crippen molar-refractivity contribution in [2.75, 3.05) is 20.6 Å².